The first kappa shape index (κ1) is 15.7. The first-order chi connectivity index (χ1) is 10.1. The number of oxazole rings is 1. The van der Waals surface area contributed by atoms with Crippen molar-refractivity contribution >= 4 is 46.4 Å². The number of carbonyl (C=O) groups is 2. The second kappa shape index (κ2) is 7.33. The lowest BCUT2D eigenvalue weighted by Crippen LogP contribution is -2.40. The largest absolute Gasteiger partial charge is 0.431 e. The van der Waals surface area contributed by atoms with Crippen LogP contribution in [0.2, 0.25) is 5.02 Å². The zero-order valence-corrected chi connectivity index (χ0v) is 12.9. The average molecular weight is 328 g/mol. The lowest BCUT2D eigenvalue weighted by molar-refractivity contribution is -0.117. The molecule has 0 fully saturated rings. The SMILES string of the molecule is CCCNC(=O)NC(=O)CSc1nc2cc(Cl)ccc2o1. The second-order valence-electron chi connectivity index (χ2n) is 4.18. The molecule has 0 atom stereocenters. The van der Waals surface area contributed by atoms with Gasteiger partial charge in [0.05, 0.1) is 5.75 Å². The van der Waals surface area contributed by atoms with E-state index >= 15 is 0 Å². The number of urea groups is 1. The summed E-state index contributed by atoms with van der Waals surface area (Å²) < 4.78 is 5.46. The highest BCUT2D eigenvalue weighted by Crippen LogP contribution is 2.25. The molecule has 21 heavy (non-hydrogen) atoms. The zero-order valence-electron chi connectivity index (χ0n) is 11.3. The number of aromatic nitrogens is 1. The van der Waals surface area contributed by atoms with Gasteiger partial charge in [0.25, 0.3) is 5.22 Å². The van der Waals surface area contributed by atoms with Gasteiger partial charge in [0.2, 0.25) is 5.91 Å². The Bertz CT molecular complexity index is 659. The summed E-state index contributed by atoms with van der Waals surface area (Å²) in [6.45, 7) is 2.45. The third kappa shape index (κ3) is 4.64. The highest BCUT2D eigenvalue weighted by molar-refractivity contribution is 7.99. The Morgan fingerprint density at radius 2 is 2.24 bits per heavy atom. The van der Waals surface area contributed by atoms with Gasteiger partial charge >= 0.3 is 6.03 Å². The minimum atomic E-state index is -0.494. The van der Waals surface area contributed by atoms with E-state index in [9.17, 15) is 9.59 Å². The van der Waals surface area contributed by atoms with Gasteiger partial charge in [0.1, 0.15) is 5.52 Å². The highest BCUT2D eigenvalue weighted by atomic mass is 35.5. The van der Waals surface area contributed by atoms with Crippen LogP contribution in [0.25, 0.3) is 11.1 Å². The number of amides is 3. The minimum absolute atomic E-state index is 0.0418. The van der Waals surface area contributed by atoms with Crippen LogP contribution >= 0.6 is 23.4 Å². The van der Waals surface area contributed by atoms with E-state index < -0.39 is 11.9 Å². The summed E-state index contributed by atoms with van der Waals surface area (Å²) in [6.07, 6.45) is 0.807. The molecule has 0 bridgehead atoms. The summed E-state index contributed by atoms with van der Waals surface area (Å²) >= 11 is 6.97. The monoisotopic (exact) mass is 327 g/mol. The molecule has 0 aliphatic carbocycles. The normalized spacial score (nSPS) is 10.6. The van der Waals surface area contributed by atoms with E-state index in [0.29, 0.717) is 27.9 Å². The van der Waals surface area contributed by atoms with Crippen molar-refractivity contribution in [2.24, 2.45) is 0 Å². The molecule has 0 spiro atoms. The van der Waals surface area contributed by atoms with Gasteiger partial charge in [-0.3, -0.25) is 10.1 Å². The Kier molecular flexibility index (Phi) is 5.46. The van der Waals surface area contributed by atoms with Crippen molar-refractivity contribution in [3.8, 4) is 0 Å². The van der Waals surface area contributed by atoms with E-state index in [0.717, 1.165) is 18.2 Å². The van der Waals surface area contributed by atoms with Crippen LogP contribution in [-0.2, 0) is 4.79 Å². The Balaban J connectivity index is 1.86. The minimum Gasteiger partial charge on any atom is -0.431 e. The van der Waals surface area contributed by atoms with Gasteiger partial charge in [-0.05, 0) is 24.6 Å². The van der Waals surface area contributed by atoms with Crippen LogP contribution in [0, 0.1) is 0 Å². The molecule has 8 heteroatoms. The Hall–Kier alpha value is -1.73. The number of nitrogens with zero attached hydrogens (tertiary/aromatic N) is 1. The molecule has 2 rings (SSSR count). The van der Waals surface area contributed by atoms with E-state index in [1.54, 1.807) is 18.2 Å². The van der Waals surface area contributed by atoms with Crippen molar-refractivity contribution in [1.82, 2.24) is 15.6 Å². The number of hydrogen-bond acceptors (Lipinski definition) is 5. The van der Waals surface area contributed by atoms with Gasteiger partial charge in [-0.15, -0.1) is 0 Å². The number of carbonyl (C=O) groups excluding carboxylic acids is 2. The predicted octanol–water partition coefficient (Wildman–Crippen LogP) is 2.81. The van der Waals surface area contributed by atoms with Crippen LogP contribution < -0.4 is 10.6 Å². The predicted molar refractivity (Wildman–Crippen MR) is 81.6 cm³/mol. The van der Waals surface area contributed by atoms with E-state index in [-0.39, 0.29) is 5.75 Å². The standard InChI is InChI=1S/C13H14ClN3O3S/c1-2-5-15-12(19)17-11(18)7-21-13-16-9-6-8(14)3-4-10(9)20-13/h3-4,6H,2,5,7H2,1H3,(H2,15,17,18,19). The zero-order chi connectivity index (χ0) is 15.2. The van der Waals surface area contributed by atoms with Crippen molar-refractivity contribution in [3.05, 3.63) is 23.2 Å². The van der Waals surface area contributed by atoms with Crippen LogP contribution in [0.15, 0.2) is 27.8 Å². The number of thioether (sulfide) groups is 1. The maximum atomic E-state index is 11.6. The third-order valence-electron chi connectivity index (χ3n) is 2.45. The summed E-state index contributed by atoms with van der Waals surface area (Å²) in [5.74, 6) is -0.367. The molecule has 6 nitrogen and oxygen atoms in total. The first-order valence-electron chi connectivity index (χ1n) is 6.35. The topological polar surface area (TPSA) is 84.2 Å². The number of rotatable bonds is 5. The smallest absolute Gasteiger partial charge is 0.321 e. The third-order valence-corrected chi connectivity index (χ3v) is 3.51. The summed E-state index contributed by atoms with van der Waals surface area (Å²) in [5.41, 5.74) is 1.23. The van der Waals surface area contributed by atoms with Crippen molar-refractivity contribution in [2.75, 3.05) is 12.3 Å². The van der Waals surface area contributed by atoms with E-state index in [2.05, 4.69) is 15.6 Å². The molecular weight excluding hydrogens is 314 g/mol. The first-order valence-corrected chi connectivity index (χ1v) is 7.71. The van der Waals surface area contributed by atoms with Crippen molar-refractivity contribution in [1.29, 1.82) is 0 Å². The fourth-order valence-electron chi connectivity index (χ4n) is 1.51. The molecule has 0 radical (unpaired) electrons. The molecule has 1 heterocycles. The summed E-state index contributed by atoms with van der Waals surface area (Å²) in [6, 6.07) is 4.61. The van der Waals surface area contributed by atoms with Gasteiger partial charge in [0, 0.05) is 11.6 Å². The number of imide groups is 1. The molecule has 2 N–H and O–H groups in total. The van der Waals surface area contributed by atoms with Crippen molar-refractivity contribution < 1.29 is 14.0 Å². The van der Waals surface area contributed by atoms with E-state index in [1.165, 1.54) is 0 Å². The molecule has 0 unspecified atom stereocenters. The number of nitrogens with one attached hydrogen (secondary N) is 2. The van der Waals surface area contributed by atoms with Gasteiger partial charge in [-0.25, -0.2) is 9.78 Å². The summed E-state index contributed by atoms with van der Waals surface area (Å²) in [7, 11) is 0. The number of benzene rings is 1. The molecule has 0 aliphatic heterocycles. The Morgan fingerprint density at radius 1 is 1.43 bits per heavy atom. The van der Waals surface area contributed by atoms with Crippen LogP contribution in [0.5, 0.6) is 0 Å². The fraction of sp³-hybridized carbons (Fsp3) is 0.308. The molecule has 3 amide bonds. The highest BCUT2D eigenvalue weighted by Gasteiger charge is 2.11. The molecule has 0 aliphatic rings. The number of fused-ring (bicyclic) bond motifs is 1. The van der Waals surface area contributed by atoms with Crippen LogP contribution in [-0.4, -0.2) is 29.2 Å². The number of hydrogen-bond donors (Lipinski definition) is 2. The van der Waals surface area contributed by atoms with Crippen molar-refractivity contribution in [2.45, 2.75) is 18.6 Å². The van der Waals surface area contributed by atoms with Gasteiger partial charge in [-0.1, -0.05) is 30.3 Å². The molecule has 1 aromatic heterocycles. The lowest BCUT2D eigenvalue weighted by Gasteiger charge is -2.04. The maximum Gasteiger partial charge on any atom is 0.321 e. The molecular formula is C13H14ClN3O3S. The van der Waals surface area contributed by atoms with Crippen molar-refractivity contribution in [3.63, 3.8) is 0 Å². The van der Waals surface area contributed by atoms with Crippen LogP contribution in [0.3, 0.4) is 0 Å². The van der Waals surface area contributed by atoms with E-state index in [4.69, 9.17) is 16.0 Å². The molecule has 0 saturated carbocycles. The van der Waals surface area contributed by atoms with Gasteiger partial charge in [-0.2, -0.15) is 0 Å². The molecule has 0 saturated heterocycles. The van der Waals surface area contributed by atoms with Crippen LogP contribution in [0.4, 0.5) is 4.79 Å². The van der Waals surface area contributed by atoms with E-state index in [1.807, 2.05) is 6.92 Å². The lowest BCUT2D eigenvalue weighted by atomic mass is 10.3. The van der Waals surface area contributed by atoms with Gasteiger partial charge in [0.15, 0.2) is 5.58 Å². The Labute approximate surface area is 130 Å². The maximum absolute atomic E-state index is 11.6. The fourth-order valence-corrected chi connectivity index (χ4v) is 2.32. The molecule has 2 aromatic rings. The average Bonchev–Trinajstić information content (AvgIpc) is 2.85. The van der Waals surface area contributed by atoms with Gasteiger partial charge < -0.3 is 9.73 Å². The summed E-state index contributed by atoms with van der Waals surface area (Å²) in [5, 5.41) is 5.71. The summed E-state index contributed by atoms with van der Waals surface area (Å²) in [4.78, 5) is 27.1. The Morgan fingerprint density at radius 3 is 3.00 bits per heavy atom. The molecule has 1 aromatic carbocycles. The quantitative estimate of drug-likeness (QED) is 0.825. The number of halogens is 1. The molecule has 112 valence electrons. The van der Waals surface area contributed by atoms with Crippen LogP contribution in [0.1, 0.15) is 13.3 Å². The second-order valence-corrected chi connectivity index (χ2v) is 5.55.